The fourth-order valence-corrected chi connectivity index (χ4v) is 5.97. The number of hydrogen-bond acceptors (Lipinski definition) is 7. The summed E-state index contributed by atoms with van der Waals surface area (Å²) < 4.78 is 1.94. The van der Waals surface area contributed by atoms with Crippen molar-refractivity contribution >= 4 is 52.0 Å². The Balaban J connectivity index is 1.69. The summed E-state index contributed by atoms with van der Waals surface area (Å²) in [4.78, 5) is 42.0. The van der Waals surface area contributed by atoms with Gasteiger partial charge in [0, 0.05) is 38.2 Å². The zero-order valence-corrected chi connectivity index (χ0v) is 21.8. The molecular formula is C26H27N5O3S2. The first kappa shape index (κ1) is 25.7. The van der Waals surface area contributed by atoms with Gasteiger partial charge >= 0.3 is 0 Å². The molecule has 186 valence electrons. The predicted molar refractivity (Wildman–Crippen MR) is 145 cm³/mol. The highest BCUT2D eigenvalue weighted by atomic mass is 32.2. The minimum absolute atomic E-state index is 0.0408. The zero-order chi connectivity index (χ0) is 26.0. The van der Waals surface area contributed by atoms with E-state index in [1.54, 1.807) is 24.9 Å². The molecule has 4 rings (SSSR count). The van der Waals surface area contributed by atoms with Crippen molar-refractivity contribution in [3.8, 4) is 6.07 Å². The van der Waals surface area contributed by atoms with Crippen molar-refractivity contribution in [1.82, 2.24) is 9.47 Å². The van der Waals surface area contributed by atoms with Gasteiger partial charge in [-0.15, -0.1) is 0 Å². The van der Waals surface area contributed by atoms with E-state index in [0.29, 0.717) is 65.1 Å². The van der Waals surface area contributed by atoms with Crippen molar-refractivity contribution < 1.29 is 9.59 Å². The molecule has 0 saturated carbocycles. The van der Waals surface area contributed by atoms with Gasteiger partial charge in [0.15, 0.2) is 0 Å². The van der Waals surface area contributed by atoms with Crippen LogP contribution in [0.4, 0.5) is 5.82 Å². The van der Waals surface area contributed by atoms with E-state index in [1.165, 1.54) is 16.3 Å². The molecule has 1 aromatic carbocycles. The van der Waals surface area contributed by atoms with E-state index >= 15 is 0 Å². The number of nitriles is 1. The van der Waals surface area contributed by atoms with E-state index < -0.39 is 5.56 Å². The molecule has 2 aliphatic rings. The maximum atomic E-state index is 13.3. The maximum absolute atomic E-state index is 13.3. The number of rotatable bonds is 6. The summed E-state index contributed by atoms with van der Waals surface area (Å²) in [5, 5.41) is 9.67. The summed E-state index contributed by atoms with van der Waals surface area (Å²) in [7, 11) is 1.63. The number of carbonyl (C=O) groups is 2. The highest BCUT2D eigenvalue weighted by Crippen LogP contribution is 2.36. The number of nitrogens with zero attached hydrogens (tertiary/aromatic N) is 4. The highest BCUT2D eigenvalue weighted by molar-refractivity contribution is 8.26. The maximum Gasteiger partial charge on any atom is 0.270 e. The molecule has 36 heavy (non-hydrogen) atoms. The number of carbonyl (C=O) groups excluding carboxylic acids is 2. The van der Waals surface area contributed by atoms with Gasteiger partial charge in [0.1, 0.15) is 21.8 Å². The number of thiocarbonyl (C=S) groups is 1. The van der Waals surface area contributed by atoms with Gasteiger partial charge < -0.3 is 10.6 Å². The predicted octanol–water partition coefficient (Wildman–Crippen LogP) is 2.71. The van der Waals surface area contributed by atoms with Crippen molar-refractivity contribution in [2.75, 3.05) is 24.5 Å². The van der Waals surface area contributed by atoms with Gasteiger partial charge in [-0.2, -0.15) is 5.26 Å². The lowest BCUT2D eigenvalue weighted by Crippen LogP contribution is -2.41. The van der Waals surface area contributed by atoms with Crippen molar-refractivity contribution in [2.24, 2.45) is 18.7 Å². The van der Waals surface area contributed by atoms with Gasteiger partial charge in [0.05, 0.1) is 4.91 Å². The largest absolute Gasteiger partial charge is 0.369 e. The third kappa shape index (κ3) is 4.94. The van der Waals surface area contributed by atoms with Crippen LogP contribution >= 0.6 is 24.0 Å². The van der Waals surface area contributed by atoms with E-state index in [-0.39, 0.29) is 23.3 Å². The minimum atomic E-state index is -0.394. The Morgan fingerprint density at radius 1 is 1.25 bits per heavy atom. The van der Waals surface area contributed by atoms with Crippen molar-refractivity contribution in [3.63, 3.8) is 0 Å². The Hall–Kier alpha value is -3.42. The fourth-order valence-electron chi connectivity index (χ4n) is 4.68. The number of nitrogens with two attached hydrogens (primary N) is 1. The molecule has 2 aromatic rings. The second-order valence-electron chi connectivity index (χ2n) is 8.95. The molecule has 1 aromatic heterocycles. The van der Waals surface area contributed by atoms with Crippen molar-refractivity contribution in [1.29, 1.82) is 5.26 Å². The molecule has 2 amide bonds. The topological polar surface area (TPSA) is 112 Å². The Labute approximate surface area is 219 Å². The highest BCUT2D eigenvalue weighted by Gasteiger charge is 2.33. The number of primary amides is 1. The Morgan fingerprint density at radius 2 is 1.92 bits per heavy atom. The molecule has 0 radical (unpaired) electrons. The van der Waals surface area contributed by atoms with E-state index in [0.717, 1.165) is 5.56 Å². The van der Waals surface area contributed by atoms with Crippen LogP contribution in [0.25, 0.3) is 6.08 Å². The van der Waals surface area contributed by atoms with Crippen LogP contribution in [-0.4, -0.2) is 45.2 Å². The zero-order valence-electron chi connectivity index (χ0n) is 20.2. The number of benzene rings is 1. The van der Waals surface area contributed by atoms with Crippen LogP contribution in [-0.2, 0) is 23.1 Å². The molecule has 0 aliphatic carbocycles. The molecule has 3 heterocycles. The van der Waals surface area contributed by atoms with Crippen LogP contribution < -0.4 is 16.2 Å². The second kappa shape index (κ2) is 10.7. The normalized spacial score (nSPS) is 17.6. The third-order valence-electron chi connectivity index (χ3n) is 6.78. The molecule has 2 saturated heterocycles. The molecular weight excluding hydrogens is 494 g/mol. The summed E-state index contributed by atoms with van der Waals surface area (Å²) in [6.07, 6.45) is 3.57. The smallest absolute Gasteiger partial charge is 0.270 e. The van der Waals surface area contributed by atoms with Gasteiger partial charge in [-0.05, 0) is 43.4 Å². The molecule has 0 spiro atoms. The Bertz CT molecular complexity index is 1350. The van der Waals surface area contributed by atoms with Gasteiger partial charge in [-0.3, -0.25) is 23.9 Å². The molecule has 0 atom stereocenters. The first-order valence-electron chi connectivity index (χ1n) is 11.7. The number of pyridine rings is 1. The van der Waals surface area contributed by atoms with E-state index in [9.17, 15) is 19.6 Å². The Morgan fingerprint density at radius 3 is 2.53 bits per heavy atom. The molecule has 2 N–H and O–H groups in total. The molecule has 2 fully saturated rings. The van der Waals surface area contributed by atoms with Crippen LogP contribution in [0.2, 0.25) is 0 Å². The van der Waals surface area contributed by atoms with Gasteiger partial charge in [0.2, 0.25) is 5.91 Å². The van der Waals surface area contributed by atoms with E-state index in [2.05, 4.69) is 0 Å². The quantitative estimate of drug-likeness (QED) is 0.459. The molecule has 8 nitrogen and oxygen atoms in total. The molecule has 10 heteroatoms. The van der Waals surface area contributed by atoms with Crippen molar-refractivity contribution in [3.05, 3.63) is 67.8 Å². The minimum Gasteiger partial charge on any atom is -0.369 e. The van der Waals surface area contributed by atoms with Crippen LogP contribution in [0, 0.1) is 24.2 Å². The second-order valence-corrected chi connectivity index (χ2v) is 10.6. The first-order valence-corrected chi connectivity index (χ1v) is 12.9. The number of aromatic nitrogens is 1. The third-order valence-corrected chi connectivity index (χ3v) is 8.16. The fraction of sp³-hybridized carbons (Fsp3) is 0.346. The molecule has 2 aliphatic heterocycles. The summed E-state index contributed by atoms with van der Waals surface area (Å²) in [6.45, 7) is 3.26. The SMILES string of the molecule is Cc1c(/C=C2\SC(=S)N(CCc3ccccc3)C2=O)c(N2CCC(C(N)=O)CC2)n(C)c(=O)c1C#N. The number of amides is 2. The Kier molecular flexibility index (Phi) is 7.62. The lowest BCUT2D eigenvalue weighted by atomic mass is 9.95. The van der Waals surface area contributed by atoms with Gasteiger partial charge in [-0.1, -0.05) is 54.3 Å². The van der Waals surface area contributed by atoms with Crippen LogP contribution in [0.3, 0.4) is 0 Å². The average molecular weight is 522 g/mol. The number of anilines is 1. The lowest BCUT2D eigenvalue weighted by molar-refractivity contribution is -0.123. The van der Waals surface area contributed by atoms with Gasteiger partial charge in [-0.25, -0.2) is 0 Å². The average Bonchev–Trinajstić information content (AvgIpc) is 3.14. The molecule has 0 unspecified atom stereocenters. The lowest BCUT2D eigenvalue weighted by Gasteiger charge is -2.34. The van der Waals surface area contributed by atoms with Crippen LogP contribution in [0.1, 0.15) is 35.1 Å². The molecule has 0 bridgehead atoms. The number of piperidine rings is 1. The van der Waals surface area contributed by atoms with Crippen LogP contribution in [0.15, 0.2) is 40.0 Å². The monoisotopic (exact) mass is 521 g/mol. The number of thioether (sulfide) groups is 1. The summed E-state index contributed by atoms with van der Waals surface area (Å²) in [6, 6.07) is 11.9. The summed E-state index contributed by atoms with van der Waals surface area (Å²) >= 11 is 6.74. The standard InChI is InChI=1S/C26H27N5O3S2/c1-16-19(14-21-25(34)31(26(35)36-21)13-8-17-6-4-3-5-7-17)23(29(2)24(33)20(16)15-27)30-11-9-18(10-12-30)22(28)32/h3-7,14,18H,8-13H2,1-2H3,(H2,28,32)/b21-14-. The van der Waals surface area contributed by atoms with Crippen LogP contribution in [0.5, 0.6) is 0 Å². The first-order chi connectivity index (χ1) is 17.2. The summed E-state index contributed by atoms with van der Waals surface area (Å²) in [5.74, 6) is -0.0962. The number of hydrogen-bond donors (Lipinski definition) is 1. The van der Waals surface area contributed by atoms with Gasteiger partial charge in [0.25, 0.3) is 11.5 Å². The van der Waals surface area contributed by atoms with E-state index in [1.807, 2.05) is 41.3 Å². The van der Waals surface area contributed by atoms with E-state index in [4.69, 9.17) is 18.0 Å². The van der Waals surface area contributed by atoms with Crippen molar-refractivity contribution in [2.45, 2.75) is 26.2 Å². The summed E-state index contributed by atoms with van der Waals surface area (Å²) in [5.41, 5.74) is 7.41.